The number of benzene rings is 1. The summed E-state index contributed by atoms with van der Waals surface area (Å²) in [5.41, 5.74) is 9.65. The molecule has 3 N–H and O–H groups in total. The molecule has 33 heavy (non-hydrogen) atoms. The third kappa shape index (κ3) is 4.03. The first-order valence-corrected chi connectivity index (χ1v) is 10.3. The molecule has 0 aliphatic rings. The van der Waals surface area contributed by atoms with Gasteiger partial charge in [-0.25, -0.2) is 18.6 Å². The maximum Gasteiger partial charge on any atom is 0.252 e. The van der Waals surface area contributed by atoms with E-state index in [1.54, 1.807) is 21.5 Å². The van der Waals surface area contributed by atoms with E-state index in [1.165, 1.54) is 18.3 Å². The fourth-order valence-corrected chi connectivity index (χ4v) is 3.66. The number of hydrogen-bond acceptors (Lipinski definition) is 5. The molecule has 0 bridgehead atoms. The highest BCUT2D eigenvalue weighted by atomic mass is 19.1. The summed E-state index contributed by atoms with van der Waals surface area (Å²) in [7, 11) is 0. The minimum absolute atomic E-state index is 0.288. The van der Waals surface area contributed by atoms with E-state index in [0.717, 1.165) is 22.5 Å². The molecule has 0 unspecified atom stereocenters. The monoisotopic (exact) mass is 441 g/mol. The number of amides is 1. The van der Waals surface area contributed by atoms with Crippen LogP contribution in [0.1, 0.15) is 21.6 Å². The van der Waals surface area contributed by atoms with E-state index in [-0.39, 0.29) is 5.82 Å². The van der Waals surface area contributed by atoms with E-state index in [9.17, 15) is 9.18 Å². The van der Waals surface area contributed by atoms with E-state index < -0.39 is 5.91 Å². The molecule has 5 rings (SSSR count). The molecule has 0 aliphatic heterocycles. The van der Waals surface area contributed by atoms with Crippen molar-refractivity contribution < 1.29 is 9.18 Å². The van der Waals surface area contributed by atoms with Crippen LogP contribution in [0, 0.1) is 12.7 Å². The van der Waals surface area contributed by atoms with Gasteiger partial charge in [0, 0.05) is 30.1 Å². The molecule has 1 aromatic carbocycles. The van der Waals surface area contributed by atoms with Crippen molar-refractivity contribution in [1.29, 1.82) is 0 Å². The second-order valence-electron chi connectivity index (χ2n) is 7.61. The number of carbonyl (C=O) groups excluding carboxylic acids is 1. The Labute approximate surface area is 188 Å². The minimum atomic E-state index is -0.548. The van der Waals surface area contributed by atoms with Gasteiger partial charge in [0.05, 0.1) is 23.0 Å². The smallest absolute Gasteiger partial charge is 0.252 e. The summed E-state index contributed by atoms with van der Waals surface area (Å²) in [6.45, 7) is 2.32. The predicted molar refractivity (Wildman–Crippen MR) is 123 cm³/mol. The molecule has 164 valence electrons. The summed E-state index contributed by atoms with van der Waals surface area (Å²) in [6.07, 6.45) is 3.21. The number of nitrogens with one attached hydrogen (secondary N) is 1. The highest BCUT2D eigenvalue weighted by Gasteiger charge is 2.16. The fourth-order valence-electron chi connectivity index (χ4n) is 3.66. The number of anilines is 1. The molecule has 0 saturated heterocycles. The Kier molecular flexibility index (Phi) is 5.06. The van der Waals surface area contributed by atoms with Crippen molar-refractivity contribution in [1.82, 2.24) is 24.4 Å². The SMILES string of the molecule is Cc1cccc(-n2nc(NCc3cccc(F)c3)cc2-c2ccn3ncc(C(N)=O)c3c2)n1. The number of aryl methyl sites for hydroxylation is 1. The van der Waals surface area contributed by atoms with Crippen LogP contribution in [0.2, 0.25) is 0 Å². The molecule has 0 atom stereocenters. The number of halogens is 1. The molecule has 4 heterocycles. The summed E-state index contributed by atoms with van der Waals surface area (Å²) in [5, 5.41) is 12.1. The van der Waals surface area contributed by atoms with E-state index in [0.29, 0.717) is 29.3 Å². The van der Waals surface area contributed by atoms with E-state index in [1.807, 2.05) is 49.4 Å². The van der Waals surface area contributed by atoms with Crippen LogP contribution >= 0.6 is 0 Å². The molecule has 0 aliphatic carbocycles. The van der Waals surface area contributed by atoms with Gasteiger partial charge >= 0.3 is 0 Å². The Morgan fingerprint density at radius 1 is 1.12 bits per heavy atom. The molecular formula is C24H20FN7O. The van der Waals surface area contributed by atoms with Gasteiger partial charge in [0.15, 0.2) is 5.82 Å². The first-order chi connectivity index (χ1) is 16.0. The van der Waals surface area contributed by atoms with Gasteiger partial charge in [0.2, 0.25) is 0 Å². The molecule has 5 aromatic rings. The lowest BCUT2D eigenvalue weighted by Gasteiger charge is -2.08. The van der Waals surface area contributed by atoms with E-state index in [2.05, 4.69) is 15.4 Å². The lowest BCUT2D eigenvalue weighted by molar-refractivity contribution is 0.100. The fraction of sp³-hybridized carbons (Fsp3) is 0.0833. The van der Waals surface area contributed by atoms with Crippen molar-refractivity contribution in [3.05, 3.63) is 95.7 Å². The minimum Gasteiger partial charge on any atom is -0.365 e. The Hall–Kier alpha value is -4.53. The van der Waals surface area contributed by atoms with Crippen LogP contribution in [0.4, 0.5) is 10.2 Å². The number of fused-ring (bicyclic) bond motifs is 1. The average Bonchev–Trinajstić information content (AvgIpc) is 3.42. The Bertz CT molecular complexity index is 1490. The number of pyridine rings is 2. The average molecular weight is 441 g/mol. The third-order valence-corrected chi connectivity index (χ3v) is 5.25. The predicted octanol–water partition coefficient (Wildman–Crippen LogP) is 3.74. The summed E-state index contributed by atoms with van der Waals surface area (Å²) in [5.74, 6) is 0.408. The van der Waals surface area contributed by atoms with Crippen molar-refractivity contribution >= 4 is 17.2 Å². The number of aromatic nitrogens is 5. The largest absolute Gasteiger partial charge is 0.365 e. The summed E-state index contributed by atoms with van der Waals surface area (Å²) in [4.78, 5) is 16.4. The molecule has 0 fully saturated rings. The first-order valence-electron chi connectivity index (χ1n) is 10.3. The number of nitrogens with zero attached hydrogens (tertiary/aromatic N) is 5. The highest BCUT2D eigenvalue weighted by molar-refractivity contribution is 6.00. The van der Waals surface area contributed by atoms with Crippen molar-refractivity contribution in [2.24, 2.45) is 5.73 Å². The molecule has 4 aromatic heterocycles. The highest BCUT2D eigenvalue weighted by Crippen LogP contribution is 2.27. The topological polar surface area (TPSA) is 103 Å². The molecule has 8 nitrogen and oxygen atoms in total. The third-order valence-electron chi connectivity index (χ3n) is 5.25. The maximum absolute atomic E-state index is 13.5. The molecular weight excluding hydrogens is 421 g/mol. The lowest BCUT2D eigenvalue weighted by atomic mass is 10.1. The van der Waals surface area contributed by atoms with Gasteiger partial charge in [-0.05, 0) is 48.9 Å². The number of hydrogen-bond donors (Lipinski definition) is 2. The van der Waals surface area contributed by atoms with Crippen molar-refractivity contribution in [3.8, 4) is 17.1 Å². The second kappa shape index (κ2) is 8.19. The Balaban J connectivity index is 1.58. The van der Waals surface area contributed by atoms with E-state index >= 15 is 0 Å². The van der Waals surface area contributed by atoms with Gasteiger partial charge in [-0.3, -0.25) is 4.79 Å². The Morgan fingerprint density at radius 2 is 1.97 bits per heavy atom. The van der Waals surface area contributed by atoms with Crippen molar-refractivity contribution in [2.75, 3.05) is 5.32 Å². The van der Waals surface area contributed by atoms with Gasteiger partial charge in [-0.15, -0.1) is 5.10 Å². The van der Waals surface area contributed by atoms with Crippen LogP contribution in [0.15, 0.2) is 73.1 Å². The lowest BCUT2D eigenvalue weighted by Crippen LogP contribution is -2.10. The van der Waals surface area contributed by atoms with Gasteiger partial charge in [0.25, 0.3) is 5.91 Å². The van der Waals surface area contributed by atoms with Crippen LogP contribution in [0.3, 0.4) is 0 Å². The standard InChI is InChI=1S/C24H20FN7O/c1-15-4-2-7-23(29-15)32-20(12-22(30-32)27-13-16-5-3-6-18(25)10-16)17-8-9-31-21(11-17)19(14-28-31)24(26)33/h2-12,14H,13H2,1H3,(H2,26,33)(H,27,30). The van der Waals surface area contributed by atoms with Gasteiger partial charge in [0.1, 0.15) is 11.6 Å². The molecule has 0 saturated carbocycles. The molecule has 0 radical (unpaired) electrons. The van der Waals surface area contributed by atoms with Crippen LogP contribution in [-0.2, 0) is 6.54 Å². The number of nitrogens with two attached hydrogens (primary N) is 1. The second-order valence-corrected chi connectivity index (χ2v) is 7.61. The first kappa shape index (κ1) is 20.4. The number of rotatable bonds is 6. The van der Waals surface area contributed by atoms with Gasteiger partial charge in [-0.1, -0.05) is 18.2 Å². The summed E-state index contributed by atoms with van der Waals surface area (Å²) < 4.78 is 16.9. The van der Waals surface area contributed by atoms with Gasteiger partial charge < -0.3 is 11.1 Å². The van der Waals surface area contributed by atoms with Crippen LogP contribution < -0.4 is 11.1 Å². The zero-order valence-corrected chi connectivity index (χ0v) is 17.7. The van der Waals surface area contributed by atoms with E-state index in [4.69, 9.17) is 10.8 Å². The quantitative estimate of drug-likeness (QED) is 0.418. The molecule has 1 amide bonds. The maximum atomic E-state index is 13.5. The van der Waals surface area contributed by atoms with Crippen LogP contribution in [-0.4, -0.2) is 30.3 Å². The normalized spacial score (nSPS) is 11.1. The zero-order chi connectivity index (χ0) is 22.9. The number of primary amides is 1. The zero-order valence-electron chi connectivity index (χ0n) is 17.7. The van der Waals surface area contributed by atoms with Crippen LogP contribution in [0.25, 0.3) is 22.6 Å². The Morgan fingerprint density at radius 3 is 2.76 bits per heavy atom. The van der Waals surface area contributed by atoms with Gasteiger partial charge in [-0.2, -0.15) is 5.10 Å². The van der Waals surface area contributed by atoms with Crippen molar-refractivity contribution in [3.63, 3.8) is 0 Å². The molecule has 9 heteroatoms. The summed E-state index contributed by atoms with van der Waals surface area (Å²) >= 11 is 0. The van der Waals surface area contributed by atoms with Crippen molar-refractivity contribution in [2.45, 2.75) is 13.5 Å². The number of carbonyl (C=O) groups is 1. The molecule has 0 spiro atoms. The summed E-state index contributed by atoms with van der Waals surface area (Å²) in [6, 6.07) is 17.7. The van der Waals surface area contributed by atoms with Crippen LogP contribution in [0.5, 0.6) is 0 Å².